The fourth-order valence-corrected chi connectivity index (χ4v) is 2.52. The van der Waals surface area contributed by atoms with Gasteiger partial charge in [-0.05, 0) is 23.3 Å². The molecule has 2 aromatic carbocycles. The van der Waals surface area contributed by atoms with E-state index in [-0.39, 0.29) is 5.97 Å². The Kier molecular flexibility index (Phi) is 4.06. The summed E-state index contributed by atoms with van der Waals surface area (Å²) in [5.74, 6) is -0.270. The molecule has 0 spiro atoms. The van der Waals surface area contributed by atoms with E-state index in [4.69, 9.17) is 4.74 Å². The topological polar surface area (TPSA) is 38.3 Å². The summed E-state index contributed by atoms with van der Waals surface area (Å²) in [6.07, 6.45) is 0. The number of nitrogens with one attached hydrogen (secondary N) is 1. The Hall–Kier alpha value is -2.07. The van der Waals surface area contributed by atoms with Crippen LogP contribution in [0, 0.1) is 0 Å². The van der Waals surface area contributed by atoms with Crippen LogP contribution in [0.15, 0.2) is 64.8 Å². The summed E-state index contributed by atoms with van der Waals surface area (Å²) in [4.78, 5) is 11.9. The molecule has 3 rings (SSSR count). The van der Waals surface area contributed by atoms with Gasteiger partial charge in [0.05, 0.1) is 11.3 Å². The number of carbonyl (C=O) groups excluding carboxylic acids is 1. The molecule has 3 nitrogen and oxygen atoms in total. The number of benzene rings is 2. The van der Waals surface area contributed by atoms with Gasteiger partial charge in [-0.25, -0.2) is 4.79 Å². The van der Waals surface area contributed by atoms with Gasteiger partial charge in [0.1, 0.15) is 6.61 Å². The van der Waals surface area contributed by atoms with Gasteiger partial charge in [0.25, 0.3) is 0 Å². The summed E-state index contributed by atoms with van der Waals surface area (Å²) in [7, 11) is 0. The van der Waals surface area contributed by atoms with Crippen LogP contribution in [0.2, 0.25) is 0 Å². The van der Waals surface area contributed by atoms with E-state index in [1.807, 2.05) is 54.6 Å². The van der Waals surface area contributed by atoms with Crippen molar-refractivity contribution in [3.8, 4) is 0 Å². The van der Waals surface area contributed by atoms with Gasteiger partial charge < -0.3 is 10.1 Å². The Labute approximate surface area is 131 Å². The average molecular weight is 344 g/mol. The molecule has 2 aromatic rings. The van der Waals surface area contributed by atoms with Gasteiger partial charge in [-0.15, -0.1) is 0 Å². The van der Waals surface area contributed by atoms with Gasteiger partial charge in [0.15, 0.2) is 0 Å². The first-order chi connectivity index (χ1) is 10.2. The lowest BCUT2D eigenvalue weighted by molar-refractivity contribution is -0.134. The van der Waals surface area contributed by atoms with Crippen LogP contribution in [-0.4, -0.2) is 12.6 Å². The zero-order valence-corrected chi connectivity index (χ0v) is 12.9. The van der Waals surface area contributed by atoms with Crippen molar-refractivity contribution in [1.29, 1.82) is 0 Å². The molecule has 0 unspecified atom stereocenters. The molecule has 0 saturated carbocycles. The van der Waals surface area contributed by atoms with Crippen LogP contribution in [0.3, 0.4) is 0 Å². The number of hydrogen-bond donors (Lipinski definition) is 1. The van der Waals surface area contributed by atoms with E-state index in [0.717, 1.165) is 15.7 Å². The van der Waals surface area contributed by atoms with Crippen LogP contribution < -0.4 is 5.32 Å². The quantitative estimate of drug-likeness (QED) is 0.863. The first kappa shape index (κ1) is 13.9. The Balaban J connectivity index is 1.83. The molecule has 0 radical (unpaired) electrons. The summed E-state index contributed by atoms with van der Waals surface area (Å²) >= 11 is 3.40. The molecule has 0 amide bonds. The van der Waals surface area contributed by atoms with Crippen LogP contribution in [0.4, 0.5) is 0 Å². The third kappa shape index (κ3) is 3.16. The average Bonchev–Trinajstić information content (AvgIpc) is 2.88. The van der Waals surface area contributed by atoms with Crippen molar-refractivity contribution in [1.82, 2.24) is 5.32 Å². The zero-order chi connectivity index (χ0) is 14.7. The fraction of sp³-hybridized carbons (Fsp3) is 0.118. The third-order valence-electron chi connectivity index (χ3n) is 3.34. The van der Waals surface area contributed by atoms with Gasteiger partial charge in [-0.1, -0.05) is 58.4 Å². The lowest BCUT2D eigenvalue weighted by Crippen LogP contribution is -2.15. The number of carbonyl (C=O) groups is 1. The van der Waals surface area contributed by atoms with E-state index in [2.05, 4.69) is 21.2 Å². The summed E-state index contributed by atoms with van der Waals surface area (Å²) in [6, 6.07) is 17.7. The van der Waals surface area contributed by atoms with Crippen LogP contribution >= 0.6 is 15.9 Å². The van der Waals surface area contributed by atoms with Crippen LogP contribution in [0.25, 0.3) is 5.57 Å². The van der Waals surface area contributed by atoms with Crippen LogP contribution in [0.1, 0.15) is 11.1 Å². The Bertz CT molecular complexity index is 678. The maximum Gasteiger partial charge on any atom is 0.341 e. The number of rotatable bonds is 4. The normalized spacial score (nSPS) is 14.2. The molecule has 21 heavy (non-hydrogen) atoms. The summed E-state index contributed by atoms with van der Waals surface area (Å²) in [5, 5.41) is 3.31. The predicted octanol–water partition coefficient (Wildman–Crippen LogP) is 3.51. The summed E-state index contributed by atoms with van der Waals surface area (Å²) in [6.45, 7) is 0.976. The molecule has 1 aliphatic heterocycles. The van der Waals surface area contributed by atoms with Crippen molar-refractivity contribution >= 4 is 27.5 Å². The number of halogens is 1. The maximum absolute atomic E-state index is 11.9. The smallest absolute Gasteiger partial charge is 0.341 e. The molecule has 0 bridgehead atoms. The minimum Gasteiger partial charge on any atom is -0.456 e. The Morgan fingerprint density at radius 2 is 1.76 bits per heavy atom. The summed E-state index contributed by atoms with van der Waals surface area (Å²) < 4.78 is 6.15. The number of ether oxygens (including phenoxy) is 1. The van der Waals surface area contributed by atoms with E-state index >= 15 is 0 Å². The molecular weight excluding hydrogens is 330 g/mol. The monoisotopic (exact) mass is 343 g/mol. The highest BCUT2D eigenvalue weighted by Gasteiger charge is 2.26. The standard InChI is InChI=1S/C17H14BrNO2/c18-14-8-6-13(7-9-14)16-15(11-21-17(16)20)19-10-12-4-2-1-3-5-12/h1-9,19H,10-11H2. The van der Waals surface area contributed by atoms with Gasteiger partial charge in [-0.3, -0.25) is 0 Å². The number of cyclic esters (lactones) is 1. The van der Waals surface area contributed by atoms with E-state index < -0.39 is 0 Å². The van der Waals surface area contributed by atoms with Gasteiger partial charge in [0.2, 0.25) is 0 Å². The highest BCUT2D eigenvalue weighted by molar-refractivity contribution is 9.10. The molecule has 0 fully saturated rings. The van der Waals surface area contributed by atoms with Crippen molar-refractivity contribution in [3.63, 3.8) is 0 Å². The molecule has 1 aliphatic rings. The Morgan fingerprint density at radius 1 is 1.05 bits per heavy atom. The fourth-order valence-electron chi connectivity index (χ4n) is 2.26. The molecule has 0 saturated heterocycles. The molecule has 1 heterocycles. The van der Waals surface area contributed by atoms with Crippen molar-refractivity contribution in [2.45, 2.75) is 6.54 Å². The second-order valence-electron chi connectivity index (χ2n) is 4.78. The third-order valence-corrected chi connectivity index (χ3v) is 3.86. The van der Waals surface area contributed by atoms with Crippen LogP contribution in [-0.2, 0) is 16.1 Å². The van der Waals surface area contributed by atoms with E-state index in [1.54, 1.807) is 0 Å². The van der Waals surface area contributed by atoms with Gasteiger partial charge in [0, 0.05) is 11.0 Å². The van der Waals surface area contributed by atoms with Crippen molar-refractivity contribution in [2.75, 3.05) is 6.61 Å². The second kappa shape index (κ2) is 6.14. The lowest BCUT2D eigenvalue weighted by atomic mass is 10.1. The van der Waals surface area contributed by atoms with Crippen molar-refractivity contribution in [2.24, 2.45) is 0 Å². The lowest BCUT2D eigenvalue weighted by Gasteiger charge is -2.08. The Morgan fingerprint density at radius 3 is 2.48 bits per heavy atom. The largest absolute Gasteiger partial charge is 0.456 e. The van der Waals surface area contributed by atoms with E-state index in [0.29, 0.717) is 18.7 Å². The molecular formula is C17H14BrNO2. The van der Waals surface area contributed by atoms with Gasteiger partial charge in [-0.2, -0.15) is 0 Å². The SMILES string of the molecule is O=C1OCC(NCc2ccccc2)=C1c1ccc(Br)cc1. The molecule has 0 aliphatic carbocycles. The van der Waals surface area contributed by atoms with Gasteiger partial charge >= 0.3 is 5.97 Å². The predicted molar refractivity (Wildman–Crippen MR) is 85.3 cm³/mol. The zero-order valence-electron chi connectivity index (χ0n) is 11.3. The number of esters is 1. The van der Waals surface area contributed by atoms with Crippen LogP contribution in [0.5, 0.6) is 0 Å². The second-order valence-corrected chi connectivity index (χ2v) is 5.69. The summed E-state index contributed by atoms with van der Waals surface area (Å²) in [5.41, 5.74) is 3.50. The molecule has 4 heteroatoms. The first-order valence-corrected chi connectivity index (χ1v) is 7.47. The minimum absolute atomic E-state index is 0.270. The highest BCUT2D eigenvalue weighted by Crippen LogP contribution is 2.26. The molecule has 0 atom stereocenters. The van der Waals surface area contributed by atoms with E-state index in [9.17, 15) is 4.79 Å². The molecule has 1 N–H and O–H groups in total. The van der Waals surface area contributed by atoms with E-state index in [1.165, 1.54) is 5.56 Å². The highest BCUT2D eigenvalue weighted by atomic mass is 79.9. The molecule has 0 aromatic heterocycles. The minimum atomic E-state index is -0.270. The maximum atomic E-state index is 11.9. The van der Waals surface area contributed by atoms with Crippen molar-refractivity contribution in [3.05, 3.63) is 75.9 Å². The molecule has 106 valence electrons. The van der Waals surface area contributed by atoms with Crippen molar-refractivity contribution < 1.29 is 9.53 Å². The first-order valence-electron chi connectivity index (χ1n) is 6.68. The number of hydrogen-bond acceptors (Lipinski definition) is 3.